The number of anilines is 3. The maximum Gasteiger partial charge on any atom is 0.0502 e. The minimum Gasteiger partial charge on any atom is -0.310 e. The van der Waals surface area contributed by atoms with Gasteiger partial charge in [-0.05, 0) is 166 Å². The van der Waals surface area contributed by atoms with Gasteiger partial charge in [-0.2, -0.15) is 0 Å². The lowest BCUT2D eigenvalue weighted by Gasteiger charge is -2.63. The van der Waals surface area contributed by atoms with Crippen LogP contribution in [0.5, 0.6) is 0 Å². The summed E-state index contributed by atoms with van der Waals surface area (Å²) in [5, 5.41) is 0. The Morgan fingerprint density at radius 1 is 0.509 bits per heavy atom. The van der Waals surface area contributed by atoms with Crippen LogP contribution in [-0.2, 0) is 21.7 Å². The summed E-state index contributed by atoms with van der Waals surface area (Å²) < 4.78 is 0. The molecule has 0 atom stereocenters. The molecule has 7 aliphatic rings. The molecule has 0 aromatic heterocycles. The predicted molar refractivity (Wildman–Crippen MR) is 222 cm³/mol. The zero-order valence-electron chi connectivity index (χ0n) is 32.4. The molecule has 0 unspecified atom stereocenters. The van der Waals surface area contributed by atoms with E-state index < -0.39 is 0 Å². The van der Waals surface area contributed by atoms with E-state index in [0.717, 1.165) is 23.7 Å². The standard InChI is InChI=1S/C51H53NS/c1-48(2)22-23-49(3,4)47-41(48)15-11-16-44(47)52(35-18-20-38-37-12-7-8-13-39(37)50(5,6)42(38)29-35)36-19-21-46-43(30-36)51(40-14-9-10-17-45(40)53-46)33-25-31-24-32(27-33)28-34(51)26-31/h7-21,29-34H,22-28H2,1-6H3. The first-order chi connectivity index (χ1) is 25.5. The zero-order valence-corrected chi connectivity index (χ0v) is 33.2. The Morgan fingerprint density at radius 2 is 1.09 bits per heavy atom. The van der Waals surface area contributed by atoms with Crippen LogP contribution in [0.4, 0.5) is 17.1 Å². The summed E-state index contributed by atoms with van der Waals surface area (Å²) in [5.74, 6) is 3.31. The minimum atomic E-state index is -0.0639. The normalized spacial score (nSPS) is 28.5. The molecular weight excluding hydrogens is 659 g/mol. The van der Waals surface area contributed by atoms with Crippen LogP contribution in [-0.4, -0.2) is 0 Å². The molecule has 2 heteroatoms. The van der Waals surface area contributed by atoms with Gasteiger partial charge >= 0.3 is 0 Å². The first kappa shape index (κ1) is 32.7. The van der Waals surface area contributed by atoms with E-state index >= 15 is 0 Å². The average Bonchev–Trinajstić information content (AvgIpc) is 3.37. The van der Waals surface area contributed by atoms with Gasteiger partial charge in [0.15, 0.2) is 0 Å². The van der Waals surface area contributed by atoms with Crippen LogP contribution in [0.15, 0.2) is 113 Å². The highest BCUT2D eigenvalue weighted by Gasteiger charge is 2.60. The topological polar surface area (TPSA) is 3.24 Å². The lowest BCUT2D eigenvalue weighted by molar-refractivity contribution is -0.0443. The van der Waals surface area contributed by atoms with Gasteiger partial charge in [0, 0.05) is 32.0 Å². The molecule has 5 aromatic carbocycles. The molecule has 1 spiro atoms. The molecule has 0 amide bonds. The fourth-order valence-electron chi connectivity index (χ4n) is 13.2. The quantitative estimate of drug-likeness (QED) is 0.183. The second-order valence-electron chi connectivity index (χ2n) is 19.7. The van der Waals surface area contributed by atoms with Crippen LogP contribution in [0, 0.1) is 23.7 Å². The Balaban J connectivity index is 1.17. The molecule has 12 rings (SSSR count). The summed E-state index contributed by atoms with van der Waals surface area (Å²) in [5.41, 5.74) is 16.1. The van der Waals surface area contributed by atoms with E-state index in [2.05, 4.69) is 150 Å². The fourth-order valence-corrected chi connectivity index (χ4v) is 14.4. The molecule has 4 bridgehead atoms. The van der Waals surface area contributed by atoms with Gasteiger partial charge in [-0.3, -0.25) is 0 Å². The number of nitrogens with zero attached hydrogens (tertiary/aromatic N) is 1. The van der Waals surface area contributed by atoms with Crippen LogP contribution >= 0.6 is 11.8 Å². The van der Waals surface area contributed by atoms with Crippen molar-refractivity contribution in [2.75, 3.05) is 4.90 Å². The smallest absolute Gasteiger partial charge is 0.0502 e. The number of fused-ring (bicyclic) bond motifs is 6. The predicted octanol–water partition coefficient (Wildman–Crippen LogP) is 14.0. The SMILES string of the molecule is CC1(C)CCC(C)(C)c2c(N(c3ccc4c(c3)C(C)(C)c3ccccc3-4)c3ccc4c(c3)C3(c5ccccc5S4)C4CC5CC(C4)CC3C5)cccc21. The molecule has 1 aliphatic heterocycles. The van der Waals surface area contributed by atoms with Gasteiger partial charge in [-0.15, -0.1) is 0 Å². The maximum absolute atomic E-state index is 2.70. The van der Waals surface area contributed by atoms with E-state index in [-0.39, 0.29) is 21.7 Å². The van der Waals surface area contributed by atoms with Crippen LogP contribution < -0.4 is 4.90 Å². The third kappa shape index (κ3) is 4.39. The first-order valence-corrected chi connectivity index (χ1v) is 21.4. The Labute approximate surface area is 321 Å². The summed E-state index contributed by atoms with van der Waals surface area (Å²) in [6.07, 6.45) is 9.47. The molecule has 0 radical (unpaired) electrons. The van der Waals surface area contributed by atoms with Crippen LogP contribution in [0.1, 0.15) is 120 Å². The Morgan fingerprint density at radius 3 is 1.85 bits per heavy atom. The van der Waals surface area contributed by atoms with E-state index in [0.29, 0.717) is 0 Å². The molecule has 1 nitrogen and oxygen atoms in total. The third-order valence-corrected chi connectivity index (χ3v) is 16.7. The summed E-state index contributed by atoms with van der Waals surface area (Å²) in [7, 11) is 0. The maximum atomic E-state index is 2.70. The Kier molecular flexibility index (Phi) is 6.74. The highest BCUT2D eigenvalue weighted by Crippen LogP contribution is 2.69. The highest BCUT2D eigenvalue weighted by molar-refractivity contribution is 7.99. The Bertz CT molecular complexity index is 2310. The van der Waals surface area contributed by atoms with E-state index in [1.807, 2.05) is 11.8 Å². The van der Waals surface area contributed by atoms with Crippen molar-refractivity contribution in [3.63, 3.8) is 0 Å². The van der Waals surface area contributed by atoms with Crippen molar-refractivity contribution in [2.45, 2.75) is 118 Å². The van der Waals surface area contributed by atoms with Crippen molar-refractivity contribution < 1.29 is 0 Å². The summed E-state index contributed by atoms with van der Waals surface area (Å²) in [6.45, 7) is 14.8. The summed E-state index contributed by atoms with van der Waals surface area (Å²) in [4.78, 5) is 5.68. The lowest BCUT2D eigenvalue weighted by atomic mass is 9.42. The third-order valence-electron chi connectivity index (χ3n) is 15.5. The molecular formula is C51H53NS. The van der Waals surface area contributed by atoms with Gasteiger partial charge in [-0.1, -0.05) is 114 Å². The van der Waals surface area contributed by atoms with Gasteiger partial charge in [0.1, 0.15) is 0 Å². The zero-order chi connectivity index (χ0) is 36.1. The molecule has 0 saturated heterocycles. The summed E-state index contributed by atoms with van der Waals surface area (Å²) in [6, 6.07) is 40.9. The van der Waals surface area contributed by atoms with Gasteiger partial charge < -0.3 is 4.90 Å². The van der Waals surface area contributed by atoms with Gasteiger partial charge in [0.2, 0.25) is 0 Å². The monoisotopic (exact) mass is 711 g/mol. The van der Waals surface area contributed by atoms with Crippen LogP contribution in [0.3, 0.4) is 0 Å². The van der Waals surface area contributed by atoms with Crippen molar-refractivity contribution in [1.29, 1.82) is 0 Å². The summed E-state index contributed by atoms with van der Waals surface area (Å²) >= 11 is 2.03. The first-order valence-electron chi connectivity index (χ1n) is 20.6. The van der Waals surface area contributed by atoms with Gasteiger partial charge in [0.05, 0.1) is 5.69 Å². The molecule has 4 saturated carbocycles. The van der Waals surface area contributed by atoms with Crippen molar-refractivity contribution in [3.05, 3.63) is 137 Å². The number of hydrogen-bond donors (Lipinski definition) is 0. The molecule has 5 aromatic rings. The number of rotatable bonds is 3. The van der Waals surface area contributed by atoms with Gasteiger partial charge in [0.25, 0.3) is 0 Å². The molecule has 6 aliphatic carbocycles. The second kappa shape index (κ2) is 10.9. The van der Waals surface area contributed by atoms with E-state index in [9.17, 15) is 0 Å². The molecule has 1 heterocycles. The largest absolute Gasteiger partial charge is 0.310 e. The molecule has 268 valence electrons. The van der Waals surface area contributed by atoms with Crippen molar-refractivity contribution in [1.82, 2.24) is 0 Å². The van der Waals surface area contributed by atoms with Crippen molar-refractivity contribution >= 4 is 28.8 Å². The van der Waals surface area contributed by atoms with E-state index in [1.165, 1.54) is 105 Å². The minimum absolute atomic E-state index is 0.0639. The van der Waals surface area contributed by atoms with Crippen molar-refractivity contribution in [2.24, 2.45) is 23.7 Å². The average molecular weight is 712 g/mol. The number of benzene rings is 5. The van der Waals surface area contributed by atoms with Gasteiger partial charge in [-0.25, -0.2) is 0 Å². The number of hydrogen-bond acceptors (Lipinski definition) is 2. The van der Waals surface area contributed by atoms with Crippen LogP contribution in [0.25, 0.3) is 11.1 Å². The van der Waals surface area contributed by atoms with Crippen LogP contribution in [0.2, 0.25) is 0 Å². The fraction of sp³-hybridized carbons (Fsp3) is 0.412. The second-order valence-corrected chi connectivity index (χ2v) is 20.7. The highest BCUT2D eigenvalue weighted by atomic mass is 32.2. The molecule has 4 fully saturated rings. The lowest BCUT2D eigenvalue weighted by Crippen LogP contribution is -2.57. The molecule has 53 heavy (non-hydrogen) atoms. The van der Waals surface area contributed by atoms with E-state index in [1.54, 1.807) is 11.1 Å². The molecule has 0 N–H and O–H groups in total. The van der Waals surface area contributed by atoms with E-state index in [4.69, 9.17) is 0 Å². The Hall–Kier alpha value is -3.75. The van der Waals surface area contributed by atoms with Crippen molar-refractivity contribution in [3.8, 4) is 11.1 Å².